The number of fused-ring (bicyclic) bond motifs is 5. The van der Waals surface area contributed by atoms with Crippen molar-refractivity contribution in [2.45, 2.75) is 50.5 Å². The number of carbonyl (C=O) groups is 1. The minimum Gasteiger partial charge on any atom is -0.342 e. The van der Waals surface area contributed by atoms with Crippen molar-refractivity contribution in [3.05, 3.63) is 52.1 Å². The number of halogens is 2. The van der Waals surface area contributed by atoms with Crippen LogP contribution in [0.15, 0.2) is 24.4 Å². The summed E-state index contributed by atoms with van der Waals surface area (Å²) in [7, 11) is 1.71. The first-order valence-corrected chi connectivity index (χ1v) is 9.65. The van der Waals surface area contributed by atoms with E-state index in [0.29, 0.717) is 22.6 Å². The van der Waals surface area contributed by atoms with Gasteiger partial charge in [-0.05, 0) is 54.4 Å². The number of aryl methyl sites for hydroxylation is 1. The van der Waals surface area contributed by atoms with Crippen LogP contribution in [0.2, 0.25) is 5.15 Å². The van der Waals surface area contributed by atoms with Crippen molar-refractivity contribution < 1.29 is 9.18 Å². The highest BCUT2D eigenvalue weighted by atomic mass is 35.5. The van der Waals surface area contributed by atoms with Gasteiger partial charge in [0.2, 0.25) is 0 Å². The molecule has 2 aliphatic rings. The van der Waals surface area contributed by atoms with Gasteiger partial charge in [-0.15, -0.1) is 0 Å². The molecule has 1 saturated carbocycles. The van der Waals surface area contributed by atoms with E-state index in [1.54, 1.807) is 13.1 Å². The highest BCUT2D eigenvalue weighted by Gasteiger charge is 2.57. The van der Waals surface area contributed by atoms with Gasteiger partial charge in [0.15, 0.2) is 0 Å². The molecule has 3 atom stereocenters. The summed E-state index contributed by atoms with van der Waals surface area (Å²) in [5.74, 6) is 0.209. The van der Waals surface area contributed by atoms with Gasteiger partial charge in [-0.2, -0.15) is 5.10 Å². The minimum atomic E-state index is -0.431. The van der Waals surface area contributed by atoms with Crippen molar-refractivity contribution in [3.63, 3.8) is 0 Å². The van der Waals surface area contributed by atoms with Gasteiger partial charge in [0, 0.05) is 7.05 Å². The molecule has 2 aliphatic carbocycles. The molecule has 0 aliphatic heterocycles. The van der Waals surface area contributed by atoms with Crippen LogP contribution in [0.1, 0.15) is 66.4 Å². The van der Waals surface area contributed by atoms with Crippen molar-refractivity contribution in [1.82, 2.24) is 15.1 Å². The quantitative estimate of drug-likeness (QED) is 0.834. The van der Waals surface area contributed by atoms with Gasteiger partial charge >= 0.3 is 0 Å². The number of nitrogens with zero attached hydrogens (tertiary/aromatic N) is 2. The zero-order chi connectivity index (χ0) is 18.5. The number of aromatic nitrogens is 2. The molecule has 0 saturated heterocycles. The molecular formula is C20H23ClFN3O. The van der Waals surface area contributed by atoms with E-state index < -0.39 is 5.54 Å². The van der Waals surface area contributed by atoms with Crippen LogP contribution < -0.4 is 5.32 Å². The second-order valence-electron chi connectivity index (χ2n) is 7.52. The van der Waals surface area contributed by atoms with E-state index in [0.717, 1.165) is 43.2 Å². The summed E-state index contributed by atoms with van der Waals surface area (Å²) >= 11 is 6.22. The van der Waals surface area contributed by atoms with E-state index in [4.69, 9.17) is 11.6 Å². The number of rotatable bonds is 5. The molecule has 138 valence electrons. The molecule has 6 heteroatoms. The third-order valence-electron chi connectivity index (χ3n) is 6.18. The van der Waals surface area contributed by atoms with Crippen molar-refractivity contribution >= 4 is 17.5 Å². The summed E-state index contributed by atoms with van der Waals surface area (Å²) in [6.07, 6.45) is 6.59. The zero-order valence-electron chi connectivity index (χ0n) is 15.1. The fourth-order valence-electron chi connectivity index (χ4n) is 5.01. The smallest absolute Gasteiger partial charge is 0.256 e. The Labute approximate surface area is 157 Å². The summed E-state index contributed by atoms with van der Waals surface area (Å²) in [4.78, 5) is 13.0. The van der Waals surface area contributed by atoms with Gasteiger partial charge in [-0.1, -0.05) is 37.4 Å². The average Bonchev–Trinajstić information content (AvgIpc) is 3.21. The van der Waals surface area contributed by atoms with Crippen LogP contribution in [-0.4, -0.2) is 15.7 Å². The molecule has 2 unspecified atom stereocenters. The molecule has 4 nitrogen and oxygen atoms in total. The maximum atomic E-state index is 13.9. The third-order valence-corrected chi connectivity index (χ3v) is 6.63. The van der Waals surface area contributed by atoms with Crippen LogP contribution in [0, 0.1) is 11.7 Å². The number of amides is 1. The van der Waals surface area contributed by atoms with Crippen molar-refractivity contribution in [1.29, 1.82) is 0 Å². The molecule has 1 aromatic carbocycles. The normalized spacial score (nSPS) is 26.2. The Morgan fingerprint density at radius 2 is 2.31 bits per heavy atom. The zero-order valence-corrected chi connectivity index (χ0v) is 15.8. The minimum absolute atomic E-state index is 0.206. The first kappa shape index (κ1) is 17.5. The summed E-state index contributed by atoms with van der Waals surface area (Å²) in [6.45, 7) is 2.17. The highest BCUT2D eigenvalue weighted by Crippen LogP contribution is 2.61. The lowest BCUT2D eigenvalue weighted by Crippen LogP contribution is -2.47. The van der Waals surface area contributed by atoms with E-state index in [-0.39, 0.29) is 11.7 Å². The van der Waals surface area contributed by atoms with Crippen LogP contribution in [0.4, 0.5) is 4.39 Å². The third kappa shape index (κ3) is 2.48. The molecule has 1 fully saturated rings. The molecular weight excluding hydrogens is 353 g/mol. The number of nitrogens with one attached hydrogen (secondary N) is 1. The Morgan fingerprint density at radius 3 is 3.00 bits per heavy atom. The van der Waals surface area contributed by atoms with E-state index in [2.05, 4.69) is 17.3 Å². The SMILES string of the molecule is CCCC[C@H]1C2CCC1(NC(=O)c1cnn(C)c1Cl)c1ccc(F)cc12. The van der Waals surface area contributed by atoms with Crippen LogP contribution in [0.25, 0.3) is 0 Å². The Balaban J connectivity index is 1.73. The van der Waals surface area contributed by atoms with Gasteiger partial charge in [-0.25, -0.2) is 4.39 Å². The number of unbranched alkanes of at least 4 members (excludes halogenated alkanes) is 1. The predicted molar refractivity (Wildman–Crippen MR) is 98.8 cm³/mol. The van der Waals surface area contributed by atoms with Gasteiger partial charge in [0.05, 0.1) is 17.3 Å². The maximum absolute atomic E-state index is 13.9. The fraction of sp³-hybridized carbons (Fsp3) is 0.500. The van der Waals surface area contributed by atoms with Crippen molar-refractivity contribution in [2.24, 2.45) is 13.0 Å². The van der Waals surface area contributed by atoms with E-state index in [1.165, 1.54) is 16.9 Å². The lowest BCUT2D eigenvalue weighted by Gasteiger charge is -2.34. The van der Waals surface area contributed by atoms with E-state index in [9.17, 15) is 9.18 Å². The maximum Gasteiger partial charge on any atom is 0.256 e. The number of benzene rings is 1. The molecule has 1 heterocycles. The molecule has 26 heavy (non-hydrogen) atoms. The van der Waals surface area contributed by atoms with Gasteiger partial charge in [0.25, 0.3) is 5.91 Å². The molecule has 4 rings (SSSR count). The standard InChI is InChI=1S/C20H23ClFN3O/c1-3-4-5-16-13-8-9-20(16,17-7-6-12(22)10-14(13)17)24-19(26)15-11-23-25(2)18(15)21/h6-7,10-11,13,16H,3-5,8-9H2,1-2H3,(H,24,26)/t13?,16-,20?/m0/s1. The Bertz CT molecular complexity index is 865. The molecule has 0 radical (unpaired) electrons. The second-order valence-corrected chi connectivity index (χ2v) is 7.88. The van der Waals surface area contributed by atoms with Crippen LogP contribution in [-0.2, 0) is 12.6 Å². The molecule has 1 N–H and O–H groups in total. The Hall–Kier alpha value is -1.88. The number of hydrogen-bond donors (Lipinski definition) is 1. The molecule has 0 spiro atoms. The van der Waals surface area contributed by atoms with Crippen molar-refractivity contribution in [3.8, 4) is 0 Å². The summed E-state index contributed by atoms with van der Waals surface area (Å²) < 4.78 is 15.3. The largest absolute Gasteiger partial charge is 0.342 e. The van der Waals surface area contributed by atoms with Gasteiger partial charge in [0.1, 0.15) is 11.0 Å². The molecule has 1 aromatic heterocycles. The van der Waals surface area contributed by atoms with Crippen LogP contribution in [0.5, 0.6) is 0 Å². The summed E-state index contributed by atoms with van der Waals surface area (Å²) in [5.41, 5.74) is 2.09. The lowest BCUT2D eigenvalue weighted by atomic mass is 9.81. The fourth-order valence-corrected chi connectivity index (χ4v) is 5.18. The van der Waals surface area contributed by atoms with Gasteiger partial charge < -0.3 is 5.32 Å². The van der Waals surface area contributed by atoms with Crippen LogP contribution >= 0.6 is 11.6 Å². The second kappa shape index (κ2) is 6.38. The monoisotopic (exact) mass is 375 g/mol. The number of carbonyl (C=O) groups excluding carboxylic acids is 1. The highest BCUT2D eigenvalue weighted by molar-refractivity contribution is 6.32. The topological polar surface area (TPSA) is 46.9 Å². The predicted octanol–water partition coefficient (Wildman–Crippen LogP) is 4.54. The average molecular weight is 376 g/mol. The Kier molecular flexibility index (Phi) is 4.30. The van der Waals surface area contributed by atoms with Crippen LogP contribution in [0.3, 0.4) is 0 Å². The molecule has 1 amide bonds. The molecule has 2 aromatic rings. The van der Waals surface area contributed by atoms with Crippen molar-refractivity contribution in [2.75, 3.05) is 0 Å². The van der Waals surface area contributed by atoms with E-state index >= 15 is 0 Å². The van der Waals surface area contributed by atoms with E-state index in [1.807, 2.05) is 6.07 Å². The number of hydrogen-bond acceptors (Lipinski definition) is 2. The Morgan fingerprint density at radius 1 is 1.50 bits per heavy atom. The first-order valence-electron chi connectivity index (χ1n) is 9.28. The van der Waals surface area contributed by atoms with Gasteiger partial charge in [-0.3, -0.25) is 9.48 Å². The molecule has 2 bridgehead atoms. The summed E-state index contributed by atoms with van der Waals surface area (Å²) in [6, 6.07) is 5.01. The summed E-state index contributed by atoms with van der Waals surface area (Å²) in [5, 5.41) is 7.69. The lowest BCUT2D eigenvalue weighted by molar-refractivity contribution is 0.0868. The first-order chi connectivity index (χ1) is 12.5.